The van der Waals surface area contributed by atoms with Crippen molar-refractivity contribution in [2.45, 2.75) is 6.54 Å². The number of nitrogens with zero attached hydrogens (tertiary/aromatic N) is 3. The van der Waals surface area contributed by atoms with Crippen molar-refractivity contribution in [2.24, 2.45) is 5.11 Å². The number of ketones is 1. The Hall–Kier alpha value is -2.79. The van der Waals surface area contributed by atoms with E-state index in [1.165, 1.54) is 12.1 Å². The van der Waals surface area contributed by atoms with E-state index in [1.54, 1.807) is 12.1 Å². The normalized spacial score (nSPS) is 10.6. The number of benzene rings is 1. The number of carbonyl (C=O) groups is 2. The summed E-state index contributed by atoms with van der Waals surface area (Å²) < 4.78 is 0. The molecule has 0 aliphatic carbocycles. The van der Waals surface area contributed by atoms with Crippen molar-refractivity contribution < 1.29 is 19.8 Å². The Labute approximate surface area is 102 Å². The topological polar surface area (TPSA) is 123 Å². The molecular formula is C11H9N3O4. The van der Waals surface area contributed by atoms with Crippen LogP contribution in [0.5, 0.6) is 0 Å². The molecule has 0 aliphatic heterocycles. The Morgan fingerprint density at radius 1 is 1.39 bits per heavy atom. The molecule has 0 saturated heterocycles. The highest BCUT2D eigenvalue weighted by Gasteiger charge is 2.09. The molecule has 0 saturated carbocycles. The number of aliphatic carboxylic acids is 1. The fourth-order valence-electron chi connectivity index (χ4n) is 1.21. The van der Waals surface area contributed by atoms with Crippen LogP contribution in [0.1, 0.15) is 15.9 Å². The summed E-state index contributed by atoms with van der Waals surface area (Å²) in [6.07, 6.45) is 0.620. The van der Waals surface area contributed by atoms with E-state index in [0.717, 1.165) is 0 Å². The molecule has 1 aromatic carbocycles. The lowest BCUT2D eigenvalue weighted by molar-refractivity contribution is -0.135. The second-order valence-electron chi connectivity index (χ2n) is 3.29. The molecule has 0 amide bonds. The van der Waals surface area contributed by atoms with Crippen LogP contribution in [0.3, 0.4) is 0 Å². The molecule has 7 nitrogen and oxygen atoms in total. The Morgan fingerprint density at radius 2 is 2.11 bits per heavy atom. The molecule has 0 aliphatic rings. The summed E-state index contributed by atoms with van der Waals surface area (Å²) in [7, 11) is 0. The monoisotopic (exact) mass is 247 g/mol. The van der Waals surface area contributed by atoms with Gasteiger partial charge in [0.1, 0.15) is 0 Å². The maximum Gasteiger partial charge on any atom is 0.371 e. The van der Waals surface area contributed by atoms with E-state index in [9.17, 15) is 9.59 Å². The zero-order valence-electron chi connectivity index (χ0n) is 9.15. The average molecular weight is 247 g/mol. The molecule has 0 bridgehead atoms. The van der Waals surface area contributed by atoms with E-state index in [2.05, 4.69) is 10.0 Å². The van der Waals surface area contributed by atoms with Crippen molar-refractivity contribution in [2.75, 3.05) is 0 Å². The third-order valence-corrected chi connectivity index (χ3v) is 2.01. The van der Waals surface area contributed by atoms with Crippen LogP contribution < -0.4 is 0 Å². The minimum absolute atomic E-state index is 0.0895. The van der Waals surface area contributed by atoms with Gasteiger partial charge < -0.3 is 10.2 Å². The third kappa shape index (κ3) is 3.66. The van der Waals surface area contributed by atoms with Gasteiger partial charge in [0.2, 0.25) is 5.76 Å². The highest BCUT2D eigenvalue weighted by Crippen LogP contribution is 2.09. The van der Waals surface area contributed by atoms with Crippen LogP contribution in [-0.4, -0.2) is 22.0 Å². The summed E-state index contributed by atoms with van der Waals surface area (Å²) >= 11 is 0. The lowest BCUT2D eigenvalue weighted by Gasteiger charge is -2.00. The molecule has 0 radical (unpaired) electrons. The van der Waals surface area contributed by atoms with E-state index < -0.39 is 17.5 Å². The molecule has 1 aromatic rings. The number of carboxylic acid groups (broad SMARTS) is 1. The molecule has 0 unspecified atom stereocenters. The van der Waals surface area contributed by atoms with Crippen molar-refractivity contribution in [3.63, 3.8) is 0 Å². The lowest BCUT2D eigenvalue weighted by Crippen LogP contribution is -2.04. The number of aliphatic hydroxyl groups is 1. The van der Waals surface area contributed by atoms with Gasteiger partial charge in [-0.1, -0.05) is 23.3 Å². The number of hydrogen-bond acceptors (Lipinski definition) is 4. The Balaban J connectivity index is 2.96. The largest absolute Gasteiger partial charge is 0.502 e. The van der Waals surface area contributed by atoms with Crippen LogP contribution in [0, 0.1) is 0 Å². The maximum absolute atomic E-state index is 11.6. The summed E-state index contributed by atoms with van der Waals surface area (Å²) in [6.45, 7) is 0.0895. The summed E-state index contributed by atoms with van der Waals surface area (Å²) in [6, 6.07) is 6.16. The fourth-order valence-corrected chi connectivity index (χ4v) is 1.21. The molecule has 0 heterocycles. The van der Waals surface area contributed by atoms with Gasteiger partial charge in [-0.15, -0.1) is 0 Å². The van der Waals surface area contributed by atoms with Crippen molar-refractivity contribution in [3.8, 4) is 0 Å². The Bertz CT molecular complexity index is 559. The summed E-state index contributed by atoms with van der Waals surface area (Å²) in [5.74, 6) is -3.24. The molecule has 2 N–H and O–H groups in total. The highest BCUT2D eigenvalue weighted by atomic mass is 16.4. The summed E-state index contributed by atoms with van der Waals surface area (Å²) in [4.78, 5) is 24.5. The quantitative estimate of drug-likeness (QED) is 0.207. The zero-order chi connectivity index (χ0) is 13.5. The first-order valence-electron chi connectivity index (χ1n) is 4.82. The van der Waals surface area contributed by atoms with Crippen LogP contribution in [0.15, 0.2) is 41.2 Å². The van der Waals surface area contributed by atoms with Crippen LogP contribution in [0.4, 0.5) is 0 Å². The molecule has 1 rings (SSSR count). The van der Waals surface area contributed by atoms with Gasteiger partial charge in [0, 0.05) is 16.6 Å². The van der Waals surface area contributed by atoms with Crippen LogP contribution in [-0.2, 0) is 11.3 Å². The average Bonchev–Trinajstić information content (AvgIpc) is 2.36. The van der Waals surface area contributed by atoms with E-state index in [-0.39, 0.29) is 12.1 Å². The van der Waals surface area contributed by atoms with Crippen molar-refractivity contribution in [1.29, 1.82) is 0 Å². The minimum atomic E-state index is -1.58. The first-order chi connectivity index (χ1) is 8.54. The molecular weight excluding hydrogens is 238 g/mol. The van der Waals surface area contributed by atoms with Crippen LogP contribution >= 0.6 is 0 Å². The standard InChI is InChI=1S/C11H9N3O4/c12-14-13-6-7-2-1-3-8(4-7)9(15)5-10(16)11(17)18/h1-5,16H,6H2,(H,17,18)/b10-5-. The Morgan fingerprint density at radius 3 is 2.72 bits per heavy atom. The predicted octanol–water partition coefficient (Wildman–Crippen LogP) is 2.21. The van der Waals surface area contributed by atoms with Gasteiger partial charge in [0.25, 0.3) is 0 Å². The van der Waals surface area contributed by atoms with E-state index >= 15 is 0 Å². The Kier molecular flexibility index (Phi) is 4.48. The van der Waals surface area contributed by atoms with Gasteiger partial charge in [-0.05, 0) is 17.2 Å². The van der Waals surface area contributed by atoms with Gasteiger partial charge in [-0.3, -0.25) is 4.79 Å². The van der Waals surface area contributed by atoms with Crippen molar-refractivity contribution >= 4 is 11.8 Å². The number of azide groups is 1. The maximum atomic E-state index is 11.6. The van der Waals surface area contributed by atoms with E-state index in [1.807, 2.05) is 0 Å². The number of carboxylic acids is 1. The van der Waals surface area contributed by atoms with E-state index in [4.69, 9.17) is 15.7 Å². The SMILES string of the molecule is [N-]=[N+]=NCc1cccc(C(=O)/C=C(\O)C(=O)O)c1. The number of hydrogen-bond donors (Lipinski definition) is 2. The molecule has 0 atom stereocenters. The molecule has 0 aromatic heterocycles. The fraction of sp³-hybridized carbons (Fsp3) is 0.0909. The third-order valence-electron chi connectivity index (χ3n) is 2.01. The van der Waals surface area contributed by atoms with Gasteiger partial charge in [0.05, 0.1) is 6.54 Å². The molecule has 0 fully saturated rings. The van der Waals surface area contributed by atoms with E-state index in [0.29, 0.717) is 11.6 Å². The lowest BCUT2D eigenvalue weighted by atomic mass is 10.1. The second-order valence-corrected chi connectivity index (χ2v) is 3.29. The minimum Gasteiger partial charge on any atom is -0.502 e. The number of aliphatic hydroxyl groups excluding tert-OH is 1. The van der Waals surface area contributed by atoms with Crippen molar-refractivity contribution in [1.82, 2.24) is 0 Å². The molecule has 92 valence electrons. The van der Waals surface area contributed by atoms with Gasteiger partial charge >= 0.3 is 5.97 Å². The van der Waals surface area contributed by atoms with Gasteiger partial charge in [0.15, 0.2) is 5.78 Å². The zero-order valence-corrected chi connectivity index (χ0v) is 9.15. The predicted molar refractivity (Wildman–Crippen MR) is 62.0 cm³/mol. The summed E-state index contributed by atoms with van der Waals surface area (Å²) in [5, 5.41) is 20.7. The molecule has 7 heteroatoms. The number of allylic oxidation sites excluding steroid dienone is 1. The smallest absolute Gasteiger partial charge is 0.371 e. The van der Waals surface area contributed by atoms with Crippen LogP contribution in [0.2, 0.25) is 0 Å². The van der Waals surface area contributed by atoms with Crippen LogP contribution in [0.25, 0.3) is 10.4 Å². The summed E-state index contributed by atoms with van der Waals surface area (Å²) in [5.41, 5.74) is 8.98. The highest BCUT2D eigenvalue weighted by molar-refractivity contribution is 6.07. The van der Waals surface area contributed by atoms with Gasteiger partial charge in [-0.25, -0.2) is 4.79 Å². The first-order valence-corrected chi connectivity index (χ1v) is 4.82. The van der Waals surface area contributed by atoms with Crippen molar-refractivity contribution in [3.05, 3.63) is 57.7 Å². The molecule has 0 spiro atoms. The second kappa shape index (κ2) is 6.07. The van der Waals surface area contributed by atoms with Gasteiger partial charge in [-0.2, -0.15) is 0 Å². The first kappa shape index (κ1) is 13.3. The number of carbonyl (C=O) groups excluding carboxylic acids is 1. The molecule has 18 heavy (non-hydrogen) atoms. The number of rotatable bonds is 5.